The third-order valence-electron chi connectivity index (χ3n) is 3.13. The zero-order valence-electron chi connectivity index (χ0n) is 9.72. The number of nitrogens with zero attached hydrogens (tertiary/aromatic N) is 2. The standard InChI is InChI=1S/C12H19N3O/c1-2-14-7-4-6-11(14)12(16)15-8-3-5-10(13)9-15/h4,6-7,10H,2-3,5,8-9,13H2,1H3. The molecule has 1 amide bonds. The number of carbonyl (C=O) groups is 1. The van der Waals surface area contributed by atoms with E-state index in [4.69, 9.17) is 5.73 Å². The fraction of sp³-hybridized carbons (Fsp3) is 0.583. The normalized spacial score (nSPS) is 21.1. The minimum atomic E-state index is 0.113. The molecule has 2 N–H and O–H groups in total. The van der Waals surface area contributed by atoms with Crippen LogP contribution < -0.4 is 5.73 Å². The van der Waals surface area contributed by atoms with Gasteiger partial charge in [0.05, 0.1) is 0 Å². The lowest BCUT2D eigenvalue weighted by molar-refractivity contribution is 0.0698. The number of aromatic nitrogens is 1. The second-order valence-electron chi connectivity index (χ2n) is 4.33. The van der Waals surface area contributed by atoms with Crippen LogP contribution in [0, 0.1) is 0 Å². The van der Waals surface area contributed by atoms with E-state index in [-0.39, 0.29) is 11.9 Å². The molecule has 1 aliphatic heterocycles. The van der Waals surface area contributed by atoms with Gasteiger partial charge in [0.2, 0.25) is 0 Å². The number of aryl methyl sites for hydroxylation is 1. The average Bonchev–Trinajstić information content (AvgIpc) is 2.76. The van der Waals surface area contributed by atoms with Crippen molar-refractivity contribution in [2.75, 3.05) is 13.1 Å². The zero-order chi connectivity index (χ0) is 11.5. The molecule has 1 aromatic heterocycles. The number of hydrogen-bond donors (Lipinski definition) is 1. The topological polar surface area (TPSA) is 51.3 Å². The number of carbonyl (C=O) groups excluding carboxylic acids is 1. The monoisotopic (exact) mass is 221 g/mol. The summed E-state index contributed by atoms with van der Waals surface area (Å²) in [4.78, 5) is 14.1. The molecule has 0 radical (unpaired) electrons. The summed E-state index contributed by atoms with van der Waals surface area (Å²) in [6.45, 7) is 4.39. The molecule has 0 saturated carbocycles. The summed E-state index contributed by atoms with van der Waals surface area (Å²) in [7, 11) is 0. The Kier molecular flexibility index (Phi) is 3.29. The van der Waals surface area contributed by atoms with Crippen molar-refractivity contribution in [3.05, 3.63) is 24.0 Å². The van der Waals surface area contributed by atoms with E-state index in [1.54, 1.807) is 0 Å². The molecule has 0 aromatic carbocycles. The van der Waals surface area contributed by atoms with E-state index in [9.17, 15) is 4.79 Å². The van der Waals surface area contributed by atoms with Crippen molar-refractivity contribution >= 4 is 5.91 Å². The van der Waals surface area contributed by atoms with Crippen LogP contribution in [0.15, 0.2) is 18.3 Å². The number of likely N-dealkylation sites (tertiary alicyclic amines) is 1. The lowest BCUT2D eigenvalue weighted by atomic mass is 10.1. The van der Waals surface area contributed by atoms with E-state index in [2.05, 4.69) is 0 Å². The first kappa shape index (κ1) is 11.2. The Bertz CT molecular complexity index is 372. The predicted octanol–water partition coefficient (Wildman–Crippen LogP) is 1.07. The first-order valence-electron chi connectivity index (χ1n) is 5.92. The van der Waals surface area contributed by atoms with Crippen molar-refractivity contribution in [1.82, 2.24) is 9.47 Å². The fourth-order valence-corrected chi connectivity index (χ4v) is 2.24. The summed E-state index contributed by atoms with van der Waals surface area (Å²) in [6, 6.07) is 3.94. The molecule has 2 rings (SSSR count). The summed E-state index contributed by atoms with van der Waals surface area (Å²) < 4.78 is 1.97. The van der Waals surface area contributed by atoms with Gasteiger partial charge in [0.25, 0.3) is 5.91 Å². The Balaban J connectivity index is 2.12. The third-order valence-corrected chi connectivity index (χ3v) is 3.13. The van der Waals surface area contributed by atoms with Gasteiger partial charge in [-0.25, -0.2) is 0 Å². The number of piperidine rings is 1. The van der Waals surface area contributed by atoms with Crippen molar-refractivity contribution in [1.29, 1.82) is 0 Å². The van der Waals surface area contributed by atoms with Crippen molar-refractivity contribution in [2.24, 2.45) is 5.73 Å². The molecule has 1 atom stereocenters. The van der Waals surface area contributed by atoms with E-state index in [1.165, 1.54) is 0 Å². The highest BCUT2D eigenvalue weighted by Gasteiger charge is 2.23. The van der Waals surface area contributed by atoms with Gasteiger partial charge >= 0.3 is 0 Å². The minimum absolute atomic E-state index is 0.113. The van der Waals surface area contributed by atoms with Crippen molar-refractivity contribution < 1.29 is 4.79 Å². The van der Waals surface area contributed by atoms with Crippen LogP contribution in [0.25, 0.3) is 0 Å². The summed E-state index contributed by atoms with van der Waals surface area (Å²) in [5.74, 6) is 0.113. The Hall–Kier alpha value is -1.29. The van der Waals surface area contributed by atoms with E-state index < -0.39 is 0 Å². The van der Waals surface area contributed by atoms with Gasteiger partial charge in [0.1, 0.15) is 5.69 Å². The molecule has 16 heavy (non-hydrogen) atoms. The van der Waals surface area contributed by atoms with E-state index in [1.807, 2.05) is 34.7 Å². The van der Waals surface area contributed by atoms with Crippen LogP contribution in [0.2, 0.25) is 0 Å². The van der Waals surface area contributed by atoms with Crippen LogP contribution in [0.1, 0.15) is 30.3 Å². The van der Waals surface area contributed by atoms with Gasteiger partial charge < -0.3 is 15.2 Å². The fourth-order valence-electron chi connectivity index (χ4n) is 2.24. The van der Waals surface area contributed by atoms with Crippen LogP contribution in [0.5, 0.6) is 0 Å². The maximum absolute atomic E-state index is 12.2. The number of nitrogens with two attached hydrogens (primary N) is 1. The van der Waals surface area contributed by atoms with Crippen LogP contribution in [0.4, 0.5) is 0 Å². The van der Waals surface area contributed by atoms with E-state index >= 15 is 0 Å². The van der Waals surface area contributed by atoms with Crippen LogP contribution in [-0.4, -0.2) is 34.5 Å². The van der Waals surface area contributed by atoms with Gasteiger partial charge in [-0.05, 0) is 31.9 Å². The van der Waals surface area contributed by atoms with Gasteiger partial charge in [-0.3, -0.25) is 4.79 Å². The molecule has 1 fully saturated rings. The Morgan fingerprint density at radius 3 is 3.12 bits per heavy atom. The summed E-state index contributed by atoms with van der Waals surface area (Å²) in [6.07, 6.45) is 3.98. The zero-order valence-corrected chi connectivity index (χ0v) is 9.72. The maximum Gasteiger partial charge on any atom is 0.270 e. The molecule has 1 aliphatic rings. The van der Waals surface area contributed by atoms with Gasteiger partial charge in [-0.15, -0.1) is 0 Å². The largest absolute Gasteiger partial charge is 0.344 e. The Labute approximate surface area is 96.0 Å². The van der Waals surface area contributed by atoms with Gasteiger partial charge in [0.15, 0.2) is 0 Å². The Morgan fingerprint density at radius 1 is 1.62 bits per heavy atom. The molecule has 4 heteroatoms. The molecule has 88 valence electrons. The van der Waals surface area contributed by atoms with Crippen molar-refractivity contribution in [3.8, 4) is 0 Å². The molecule has 0 bridgehead atoms. The lowest BCUT2D eigenvalue weighted by Crippen LogP contribution is -2.46. The van der Waals surface area contributed by atoms with Gasteiger partial charge in [-0.1, -0.05) is 0 Å². The molecule has 1 saturated heterocycles. The van der Waals surface area contributed by atoms with Crippen LogP contribution in [-0.2, 0) is 6.54 Å². The predicted molar refractivity (Wildman–Crippen MR) is 63.2 cm³/mol. The molecule has 0 aliphatic carbocycles. The number of rotatable bonds is 2. The highest BCUT2D eigenvalue weighted by atomic mass is 16.2. The second kappa shape index (κ2) is 4.70. The third kappa shape index (κ3) is 2.11. The van der Waals surface area contributed by atoms with Crippen LogP contribution in [0.3, 0.4) is 0 Å². The molecule has 0 spiro atoms. The summed E-state index contributed by atoms with van der Waals surface area (Å²) in [5, 5.41) is 0. The Morgan fingerprint density at radius 2 is 2.44 bits per heavy atom. The van der Waals surface area contributed by atoms with Crippen molar-refractivity contribution in [3.63, 3.8) is 0 Å². The van der Waals surface area contributed by atoms with Gasteiger partial charge in [0, 0.05) is 31.9 Å². The molecular formula is C12H19N3O. The first-order valence-corrected chi connectivity index (χ1v) is 5.92. The number of amides is 1. The van der Waals surface area contributed by atoms with Gasteiger partial charge in [-0.2, -0.15) is 0 Å². The quantitative estimate of drug-likeness (QED) is 0.812. The molecule has 4 nitrogen and oxygen atoms in total. The smallest absolute Gasteiger partial charge is 0.270 e. The SMILES string of the molecule is CCn1cccc1C(=O)N1CCCC(N)C1. The summed E-state index contributed by atoms with van der Waals surface area (Å²) in [5.41, 5.74) is 6.66. The summed E-state index contributed by atoms with van der Waals surface area (Å²) >= 11 is 0. The van der Waals surface area contributed by atoms with E-state index in [0.717, 1.165) is 31.6 Å². The molecule has 1 unspecified atom stereocenters. The van der Waals surface area contributed by atoms with Crippen molar-refractivity contribution in [2.45, 2.75) is 32.4 Å². The molecule has 1 aromatic rings. The minimum Gasteiger partial charge on any atom is -0.344 e. The second-order valence-corrected chi connectivity index (χ2v) is 4.33. The molecule has 2 heterocycles. The van der Waals surface area contributed by atoms with E-state index in [0.29, 0.717) is 6.54 Å². The maximum atomic E-state index is 12.2. The highest BCUT2D eigenvalue weighted by molar-refractivity contribution is 5.92. The average molecular weight is 221 g/mol. The van der Waals surface area contributed by atoms with Crippen LogP contribution >= 0.6 is 0 Å². The lowest BCUT2D eigenvalue weighted by Gasteiger charge is -2.30. The highest BCUT2D eigenvalue weighted by Crippen LogP contribution is 2.13. The number of hydrogen-bond acceptors (Lipinski definition) is 2. The molecular weight excluding hydrogens is 202 g/mol. The first-order chi connectivity index (χ1) is 7.72.